The minimum Gasteiger partial charge on any atom is -0.351 e. The molecule has 0 saturated carbocycles. The zero-order chi connectivity index (χ0) is 19.7. The van der Waals surface area contributed by atoms with Crippen molar-refractivity contribution in [1.29, 1.82) is 0 Å². The predicted octanol–water partition coefficient (Wildman–Crippen LogP) is 4.56. The minimum atomic E-state index is -0.306. The lowest BCUT2D eigenvalue weighted by Crippen LogP contribution is -2.45. The lowest BCUT2D eigenvalue weighted by Gasteiger charge is -2.36. The van der Waals surface area contributed by atoms with Crippen LogP contribution in [0.3, 0.4) is 0 Å². The Labute approximate surface area is 167 Å². The molecule has 1 aliphatic heterocycles. The second kappa shape index (κ2) is 7.52. The number of nitrogens with zero attached hydrogens (tertiary/aromatic N) is 3. The average molecular weight is 394 g/mol. The summed E-state index contributed by atoms with van der Waals surface area (Å²) in [6, 6.07) is 15.7. The Morgan fingerprint density at radius 2 is 1.86 bits per heavy atom. The van der Waals surface area contributed by atoms with Gasteiger partial charge in [-0.2, -0.15) is 4.98 Å². The molecule has 1 aliphatic rings. The van der Waals surface area contributed by atoms with Crippen LogP contribution in [-0.2, 0) is 0 Å². The van der Waals surface area contributed by atoms with Gasteiger partial charge in [0.15, 0.2) is 5.11 Å². The lowest BCUT2D eigenvalue weighted by atomic mass is 9.95. The van der Waals surface area contributed by atoms with E-state index >= 15 is 0 Å². The fraction of sp³-hybridized carbons (Fsp3) is 0.190. The van der Waals surface area contributed by atoms with Gasteiger partial charge in [-0.15, -0.1) is 0 Å². The number of thiocarbonyl (C=S) groups is 1. The summed E-state index contributed by atoms with van der Waals surface area (Å²) in [5.74, 6) is 0.646. The molecule has 0 spiro atoms. The Morgan fingerprint density at radius 3 is 2.54 bits per heavy atom. The quantitative estimate of drug-likeness (QED) is 0.655. The molecule has 1 N–H and O–H groups in total. The van der Waals surface area contributed by atoms with E-state index in [1.54, 1.807) is 12.1 Å². The van der Waals surface area contributed by atoms with Gasteiger partial charge in [0.2, 0.25) is 5.82 Å². The summed E-state index contributed by atoms with van der Waals surface area (Å²) in [5, 5.41) is 8.09. The predicted molar refractivity (Wildman–Crippen MR) is 110 cm³/mol. The van der Waals surface area contributed by atoms with Crippen molar-refractivity contribution < 1.29 is 8.91 Å². The number of aromatic nitrogens is 2. The van der Waals surface area contributed by atoms with Crippen molar-refractivity contribution in [3.05, 3.63) is 77.6 Å². The van der Waals surface area contributed by atoms with E-state index in [0.717, 1.165) is 22.4 Å². The summed E-state index contributed by atoms with van der Waals surface area (Å²) in [7, 11) is 0. The van der Waals surface area contributed by atoms with Crippen LogP contribution >= 0.6 is 12.2 Å². The molecule has 0 radical (unpaired) electrons. The van der Waals surface area contributed by atoms with Gasteiger partial charge in [-0.25, -0.2) is 4.39 Å². The van der Waals surface area contributed by atoms with Crippen LogP contribution in [0.2, 0.25) is 0 Å². The van der Waals surface area contributed by atoms with E-state index in [-0.39, 0.29) is 11.9 Å². The minimum absolute atomic E-state index is 0.288. The summed E-state index contributed by atoms with van der Waals surface area (Å²) < 4.78 is 19.1. The maximum absolute atomic E-state index is 13.4. The van der Waals surface area contributed by atoms with Crippen molar-refractivity contribution in [2.75, 3.05) is 6.54 Å². The molecule has 28 heavy (non-hydrogen) atoms. The topological polar surface area (TPSA) is 54.2 Å². The van der Waals surface area contributed by atoms with Crippen LogP contribution in [0.4, 0.5) is 4.39 Å². The lowest BCUT2D eigenvalue weighted by molar-refractivity contribution is 0.398. The van der Waals surface area contributed by atoms with E-state index in [1.807, 2.05) is 49.1 Å². The molecule has 0 bridgehead atoms. The summed E-state index contributed by atoms with van der Waals surface area (Å²) in [4.78, 5) is 6.61. The van der Waals surface area contributed by atoms with E-state index in [4.69, 9.17) is 16.7 Å². The number of rotatable bonds is 4. The molecule has 3 aromatic rings. The second-order valence-corrected chi connectivity index (χ2v) is 6.85. The SMILES string of the molecule is CCN1C(=S)NC(c2ccc(F)cc2)C(c2nc(-c3ccccc3)no2)=C1C. The molecule has 2 aromatic carbocycles. The van der Waals surface area contributed by atoms with Crippen LogP contribution in [0, 0.1) is 5.82 Å². The Hall–Kier alpha value is -3.06. The third-order valence-corrected chi connectivity index (χ3v) is 5.14. The first-order chi connectivity index (χ1) is 13.6. The highest BCUT2D eigenvalue weighted by Crippen LogP contribution is 2.37. The number of hydrogen-bond acceptors (Lipinski definition) is 4. The van der Waals surface area contributed by atoms with E-state index in [0.29, 0.717) is 23.4 Å². The highest BCUT2D eigenvalue weighted by atomic mass is 32.1. The fourth-order valence-electron chi connectivity index (χ4n) is 3.38. The van der Waals surface area contributed by atoms with Crippen molar-refractivity contribution in [1.82, 2.24) is 20.4 Å². The van der Waals surface area contributed by atoms with Crippen molar-refractivity contribution in [2.45, 2.75) is 19.9 Å². The van der Waals surface area contributed by atoms with Crippen LogP contribution in [0.5, 0.6) is 0 Å². The molecule has 7 heteroatoms. The molecule has 4 rings (SSSR count). The molecule has 1 unspecified atom stereocenters. The summed E-state index contributed by atoms with van der Waals surface area (Å²) in [6.07, 6.45) is 0. The monoisotopic (exact) mass is 394 g/mol. The van der Waals surface area contributed by atoms with Crippen LogP contribution in [-0.4, -0.2) is 26.7 Å². The maximum Gasteiger partial charge on any atom is 0.258 e. The summed E-state index contributed by atoms with van der Waals surface area (Å²) in [6.45, 7) is 4.71. The van der Waals surface area contributed by atoms with Crippen molar-refractivity contribution in [3.8, 4) is 11.4 Å². The molecular formula is C21H19FN4OS. The van der Waals surface area contributed by atoms with Gasteiger partial charge >= 0.3 is 0 Å². The van der Waals surface area contributed by atoms with Crippen LogP contribution in [0.15, 0.2) is 64.8 Å². The Morgan fingerprint density at radius 1 is 1.14 bits per heavy atom. The molecule has 142 valence electrons. The van der Waals surface area contributed by atoms with Gasteiger partial charge in [0.25, 0.3) is 5.89 Å². The van der Waals surface area contributed by atoms with Gasteiger partial charge in [0.05, 0.1) is 11.6 Å². The maximum atomic E-state index is 13.4. The molecule has 1 aromatic heterocycles. The zero-order valence-corrected chi connectivity index (χ0v) is 16.3. The van der Waals surface area contributed by atoms with Crippen molar-refractivity contribution in [2.24, 2.45) is 0 Å². The molecule has 2 heterocycles. The molecule has 1 atom stereocenters. The highest BCUT2D eigenvalue weighted by Gasteiger charge is 2.33. The van der Waals surface area contributed by atoms with Gasteiger partial charge in [0, 0.05) is 17.8 Å². The molecule has 0 aliphatic carbocycles. The Balaban J connectivity index is 1.82. The largest absolute Gasteiger partial charge is 0.351 e. The normalized spacial score (nSPS) is 17.0. The smallest absolute Gasteiger partial charge is 0.258 e. The highest BCUT2D eigenvalue weighted by molar-refractivity contribution is 7.80. The van der Waals surface area contributed by atoms with E-state index in [2.05, 4.69) is 15.5 Å². The van der Waals surface area contributed by atoms with Gasteiger partial charge < -0.3 is 14.7 Å². The number of hydrogen-bond donors (Lipinski definition) is 1. The fourth-order valence-corrected chi connectivity index (χ4v) is 3.77. The van der Waals surface area contributed by atoms with E-state index in [9.17, 15) is 4.39 Å². The zero-order valence-electron chi connectivity index (χ0n) is 15.5. The molecule has 0 fully saturated rings. The standard InChI is InChI=1S/C21H19FN4OS/c1-3-26-13(2)17(18(23-21(26)28)14-9-11-16(22)12-10-14)20-24-19(25-27-20)15-7-5-4-6-8-15/h4-12,18H,3H2,1-2H3,(H,23,28). The third-order valence-electron chi connectivity index (χ3n) is 4.80. The van der Waals surface area contributed by atoms with Crippen LogP contribution < -0.4 is 5.32 Å². The van der Waals surface area contributed by atoms with Crippen molar-refractivity contribution >= 4 is 22.9 Å². The number of nitrogens with one attached hydrogen (secondary N) is 1. The Bertz CT molecular complexity index is 1030. The number of benzene rings is 2. The van der Waals surface area contributed by atoms with E-state index < -0.39 is 0 Å². The average Bonchev–Trinajstić information content (AvgIpc) is 3.19. The van der Waals surface area contributed by atoms with Gasteiger partial charge in [-0.1, -0.05) is 47.6 Å². The summed E-state index contributed by atoms with van der Waals surface area (Å²) >= 11 is 5.53. The van der Waals surface area contributed by atoms with Crippen molar-refractivity contribution in [3.63, 3.8) is 0 Å². The number of halogens is 1. The molecular weight excluding hydrogens is 375 g/mol. The van der Waals surface area contributed by atoms with E-state index in [1.165, 1.54) is 12.1 Å². The molecule has 0 saturated heterocycles. The first kappa shape index (κ1) is 18.3. The molecule has 5 nitrogen and oxygen atoms in total. The van der Waals surface area contributed by atoms with Gasteiger partial charge in [0.1, 0.15) is 5.82 Å². The molecule has 0 amide bonds. The van der Waals surface area contributed by atoms with Crippen LogP contribution in [0.1, 0.15) is 31.3 Å². The Kier molecular flexibility index (Phi) is 4.92. The first-order valence-corrected chi connectivity index (χ1v) is 9.43. The third kappa shape index (κ3) is 3.29. The summed E-state index contributed by atoms with van der Waals surface area (Å²) in [5.41, 5.74) is 3.51. The van der Waals surface area contributed by atoms with Gasteiger partial charge in [-0.05, 0) is 43.8 Å². The second-order valence-electron chi connectivity index (χ2n) is 6.47. The number of allylic oxidation sites excluding steroid dienone is 1. The first-order valence-electron chi connectivity index (χ1n) is 9.02. The van der Waals surface area contributed by atoms with Gasteiger partial charge in [-0.3, -0.25) is 0 Å². The van der Waals surface area contributed by atoms with Crippen LogP contribution in [0.25, 0.3) is 17.0 Å².